The maximum atomic E-state index is 6.19. The molecule has 0 fully saturated rings. The molecule has 6 heteroatoms. The first kappa shape index (κ1) is 35.2. The van der Waals surface area contributed by atoms with Crippen LogP contribution in [-0.4, -0.2) is 24.1 Å². The first-order valence-corrected chi connectivity index (χ1v) is 21.2. The van der Waals surface area contributed by atoms with E-state index in [-0.39, 0.29) is 0 Å². The Hall–Kier alpha value is -8.61. The number of benzene rings is 9. The second kappa shape index (κ2) is 14.0. The van der Waals surface area contributed by atoms with E-state index < -0.39 is 0 Å². The summed E-state index contributed by atoms with van der Waals surface area (Å²) >= 11 is 0. The van der Waals surface area contributed by atoms with E-state index in [4.69, 9.17) is 19.4 Å². The Morgan fingerprint density at radius 2 is 0.714 bits per heavy atom. The highest BCUT2D eigenvalue weighted by Gasteiger charge is 2.22. The van der Waals surface area contributed by atoms with Crippen LogP contribution < -0.4 is 0 Å². The van der Waals surface area contributed by atoms with Gasteiger partial charge in [-0.3, -0.25) is 9.13 Å². The molecule has 0 atom stereocenters. The average Bonchev–Trinajstić information content (AvgIpc) is 4.01. The van der Waals surface area contributed by atoms with Crippen LogP contribution in [0.2, 0.25) is 0 Å². The van der Waals surface area contributed by atoms with Gasteiger partial charge < -0.3 is 4.42 Å². The third-order valence-corrected chi connectivity index (χ3v) is 12.4. The summed E-state index contributed by atoms with van der Waals surface area (Å²) in [5, 5.41) is 6.69. The zero-order chi connectivity index (χ0) is 41.4. The molecular weight excluding hydrogens is 771 g/mol. The normalized spacial score (nSPS) is 11.8. The van der Waals surface area contributed by atoms with E-state index in [1.807, 2.05) is 12.1 Å². The number of hydrogen-bond donors (Lipinski definition) is 0. The van der Waals surface area contributed by atoms with Crippen molar-refractivity contribution in [3.8, 4) is 56.7 Å². The Balaban J connectivity index is 1.08. The van der Waals surface area contributed by atoms with Crippen LogP contribution in [-0.2, 0) is 0 Å². The van der Waals surface area contributed by atoms with E-state index in [1.54, 1.807) is 0 Å². The molecule has 0 spiro atoms. The summed E-state index contributed by atoms with van der Waals surface area (Å²) in [6, 6.07) is 74.6. The summed E-state index contributed by atoms with van der Waals surface area (Å²) in [5.41, 5.74) is 13.4. The third-order valence-electron chi connectivity index (χ3n) is 12.4. The van der Waals surface area contributed by atoms with Crippen LogP contribution in [0.3, 0.4) is 0 Å². The summed E-state index contributed by atoms with van der Waals surface area (Å²) < 4.78 is 10.6. The monoisotopic (exact) mass is 805 g/mol. The van der Waals surface area contributed by atoms with Crippen LogP contribution in [0, 0.1) is 0 Å². The van der Waals surface area contributed by atoms with Crippen molar-refractivity contribution >= 4 is 65.6 Å². The minimum Gasteiger partial charge on any atom is -0.456 e. The summed E-state index contributed by atoms with van der Waals surface area (Å²) in [5.74, 6) is 1.64. The quantitative estimate of drug-likeness (QED) is 0.168. The molecule has 0 amide bonds. The minimum absolute atomic E-state index is 0.535. The fourth-order valence-corrected chi connectivity index (χ4v) is 9.42. The van der Waals surface area contributed by atoms with E-state index in [0.717, 1.165) is 104 Å². The average molecular weight is 806 g/mol. The number of para-hydroxylation sites is 3. The van der Waals surface area contributed by atoms with Crippen molar-refractivity contribution in [1.29, 1.82) is 0 Å². The molecule has 0 radical (unpaired) electrons. The Morgan fingerprint density at radius 3 is 1.33 bits per heavy atom. The molecule has 13 rings (SSSR count). The minimum atomic E-state index is 0.535. The highest BCUT2D eigenvalue weighted by Crippen LogP contribution is 2.38. The van der Waals surface area contributed by atoms with Crippen LogP contribution in [0.15, 0.2) is 217 Å². The molecule has 0 saturated heterocycles. The van der Waals surface area contributed by atoms with Gasteiger partial charge in [-0.05, 0) is 81.9 Å². The first-order valence-electron chi connectivity index (χ1n) is 21.2. The Bertz CT molecular complexity index is 3740. The van der Waals surface area contributed by atoms with Crippen molar-refractivity contribution in [3.05, 3.63) is 212 Å². The van der Waals surface area contributed by atoms with Crippen molar-refractivity contribution in [2.24, 2.45) is 0 Å². The number of fused-ring (bicyclic) bond motifs is 9. The van der Waals surface area contributed by atoms with E-state index in [0.29, 0.717) is 17.7 Å². The van der Waals surface area contributed by atoms with Gasteiger partial charge in [0.2, 0.25) is 11.9 Å². The molecule has 0 bridgehead atoms. The summed E-state index contributed by atoms with van der Waals surface area (Å²) in [6.45, 7) is 0. The van der Waals surface area contributed by atoms with Crippen LogP contribution in [0.5, 0.6) is 0 Å². The molecule has 0 saturated carbocycles. The predicted octanol–water partition coefficient (Wildman–Crippen LogP) is 14.6. The Kier molecular flexibility index (Phi) is 7.80. The molecule has 294 valence electrons. The van der Waals surface area contributed by atoms with Crippen molar-refractivity contribution in [2.75, 3.05) is 0 Å². The molecule has 4 heterocycles. The molecule has 63 heavy (non-hydrogen) atoms. The maximum absolute atomic E-state index is 6.19. The first-order chi connectivity index (χ1) is 31.2. The van der Waals surface area contributed by atoms with Gasteiger partial charge in [0.05, 0.1) is 22.1 Å². The number of furan rings is 1. The molecular formula is C57H35N5O. The van der Waals surface area contributed by atoms with Crippen molar-refractivity contribution < 1.29 is 4.42 Å². The van der Waals surface area contributed by atoms with Crippen LogP contribution in [0.1, 0.15) is 0 Å². The van der Waals surface area contributed by atoms with Crippen LogP contribution in [0.25, 0.3) is 122 Å². The molecule has 0 N–H and O–H groups in total. The lowest BCUT2D eigenvalue weighted by molar-refractivity contribution is 0.669. The van der Waals surface area contributed by atoms with Crippen molar-refractivity contribution in [1.82, 2.24) is 24.1 Å². The van der Waals surface area contributed by atoms with Crippen LogP contribution in [0.4, 0.5) is 0 Å². The standard InChI is InChI=1S/C57H35N5O/c1-3-14-36(15-4-1)40-26-29-45-43-20-7-10-23-49(43)61(51(45)34-40)56-58-55(42-19-13-18-38(32-42)39-28-31-54-48(33-39)47-22-9-12-25-53(47)63-54)59-57(60-56)62-50-24-11-8-21-44(50)46-30-27-41(35-52(46)62)37-16-5-2-6-17-37/h1-35H. The molecule has 0 aliphatic heterocycles. The smallest absolute Gasteiger partial charge is 0.240 e. The van der Waals surface area contributed by atoms with Gasteiger partial charge in [-0.15, -0.1) is 0 Å². The number of nitrogens with zero attached hydrogens (tertiary/aromatic N) is 5. The van der Waals surface area contributed by atoms with Gasteiger partial charge in [0.1, 0.15) is 11.2 Å². The zero-order valence-electron chi connectivity index (χ0n) is 33.9. The Labute approximate surface area is 361 Å². The van der Waals surface area contributed by atoms with Gasteiger partial charge in [-0.1, -0.05) is 164 Å². The molecule has 13 aromatic rings. The van der Waals surface area contributed by atoms with Gasteiger partial charge in [-0.25, -0.2) is 0 Å². The lowest BCUT2D eigenvalue weighted by atomic mass is 10.0. The molecule has 4 aromatic heterocycles. The zero-order valence-corrected chi connectivity index (χ0v) is 33.9. The fourth-order valence-electron chi connectivity index (χ4n) is 9.42. The topological polar surface area (TPSA) is 61.7 Å². The summed E-state index contributed by atoms with van der Waals surface area (Å²) in [4.78, 5) is 16.3. The summed E-state index contributed by atoms with van der Waals surface area (Å²) in [6.07, 6.45) is 0. The molecule has 6 nitrogen and oxygen atoms in total. The van der Waals surface area contributed by atoms with E-state index in [2.05, 4.69) is 209 Å². The molecule has 0 aliphatic rings. The second-order valence-corrected chi connectivity index (χ2v) is 16.1. The molecule has 0 aliphatic carbocycles. The lowest BCUT2D eigenvalue weighted by Crippen LogP contribution is -2.10. The number of rotatable bonds is 6. The van der Waals surface area contributed by atoms with Gasteiger partial charge in [0.25, 0.3) is 0 Å². The van der Waals surface area contributed by atoms with E-state index in [9.17, 15) is 0 Å². The van der Waals surface area contributed by atoms with Gasteiger partial charge in [0, 0.05) is 37.9 Å². The van der Waals surface area contributed by atoms with E-state index in [1.165, 1.54) is 0 Å². The van der Waals surface area contributed by atoms with Gasteiger partial charge in [-0.2, -0.15) is 15.0 Å². The molecule has 9 aromatic carbocycles. The van der Waals surface area contributed by atoms with Crippen LogP contribution >= 0.6 is 0 Å². The highest BCUT2D eigenvalue weighted by atomic mass is 16.3. The van der Waals surface area contributed by atoms with Gasteiger partial charge >= 0.3 is 0 Å². The lowest BCUT2D eigenvalue weighted by Gasteiger charge is -2.14. The Morgan fingerprint density at radius 1 is 0.270 bits per heavy atom. The number of aromatic nitrogens is 5. The fraction of sp³-hybridized carbons (Fsp3) is 0. The summed E-state index contributed by atoms with van der Waals surface area (Å²) in [7, 11) is 0. The highest BCUT2D eigenvalue weighted by molar-refractivity contribution is 6.11. The second-order valence-electron chi connectivity index (χ2n) is 16.1. The predicted molar refractivity (Wildman–Crippen MR) is 258 cm³/mol. The van der Waals surface area contributed by atoms with Crippen molar-refractivity contribution in [3.63, 3.8) is 0 Å². The largest absolute Gasteiger partial charge is 0.456 e. The number of hydrogen-bond acceptors (Lipinski definition) is 4. The maximum Gasteiger partial charge on any atom is 0.240 e. The SMILES string of the molecule is c1ccc(-c2ccc3c4ccccc4n(-c4nc(-c5cccc(-c6ccc7oc8ccccc8c7c6)c5)nc(-n5c6ccccc6c6ccc(-c7ccccc7)cc65)n4)c3c2)cc1. The molecule has 0 unspecified atom stereocenters. The third kappa shape index (κ3) is 5.69. The van der Waals surface area contributed by atoms with Gasteiger partial charge in [0.15, 0.2) is 5.82 Å². The van der Waals surface area contributed by atoms with E-state index >= 15 is 0 Å². The van der Waals surface area contributed by atoms with Crippen molar-refractivity contribution in [2.45, 2.75) is 0 Å².